The minimum Gasteiger partial charge on any atom is -0.479 e. The third-order valence-electron chi connectivity index (χ3n) is 3.41. The first-order chi connectivity index (χ1) is 7.71. The summed E-state index contributed by atoms with van der Waals surface area (Å²) in [7, 11) is 1.56. The molecule has 3 N–H and O–H groups in total. The molecule has 16 heavy (non-hydrogen) atoms. The van der Waals surface area contributed by atoms with Gasteiger partial charge in [0.15, 0.2) is 5.82 Å². The number of aromatic nitrogens is 2. The zero-order chi connectivity index (χ0) is 11.6. The van der Waals surface area contributed by atoms with Crippen LogP contribution in [-0.2, 0) is 0 Å². The van der Waals surface area contributed by atoms with E-state index in [-0.39, 0.29) is 5.54 Å². The highest BCUT2D eigenvalue weighted by Crippen LogP contribution is 2.39. The Bertz CT molecular complexity index is 371. The van der Waals surface area contributed by atoms with Gasteiger partial charge in [0.25, 0.3) is 0 Å². The van der Waals surface area contributed by atoms with Crippen molar-refractivity contribution < 1.29 is 4.74 Å². The quantitative estimate of drug-likeness (QED) is 0.812. The van der Waals surface area contributed by atoms with Crippen molar-refractivity contribution in [3.63, 3.8) is 0 Å². The van der Waals surface area contributed by atoms with E-state index in [1.54, 1.807) is 7.11 Å². The lowest BCUT2D eigenvalue weighted by molar-refractivity contribution is 0.268. The Hall–Kier alpha value is -1.52. The molecule has 1 saturated carbocycles. The van der Waals surface area contributed by atoms with E-state index in [0.29, 0.717) is 17.4 Å². The highest BCUT2D eigenvalue weighted by Gasteiger charge is 2.35. The van der Waals surface area contributed by atoms with Gasteiger partial charge in [-0.3, -0.25) is 0 Å². The molecule has 0 spiro atoms. The molecule has 1 aliphatic carbocycles. The number of hydrogen-bond acceptors (Lipinski definition) is 5. The average Bonchev–Trinajstić information content (AvgIpc) is 2.25. The minimum atomic E-state index is 0.174. The third kappa shape index (κ3) is 1.77. The molecule has 0 aromatic carbocycles. The summed E-state index contributed by atoms with van der Waals surface area (Å²) in [6, 6.07) is 0. The Morgan fingerprint density at radius 1 is 1.50 bits per heavy atom. The van der Waals surface area contributed by atoms with Crippen LogP contribution in [0, 0.1) is 0 Å². The molecule has 1 fully saturated rings. The Morgan fingerprint density at radius 3 is 2.75 bits per heavy atom. The van der Waals surface area contributed by atoms with E-state index in [0.717, 1.165) is 6.42 Å². The van der Waals surface area contributed by atoms with Crippen LogP contribution in [0.4, 0.5) is 11.5 Å². The molecule has 0 bridgehead atoms. The van der Waals surface area contributed by atoms with Crippen molar-refractivity contribution in [2.24, 2.45) is 0 Å². The molecular formula is C11H18N4O. The van der Waals surface area contributed by atoms with Gasteiger partial charge < -0.3 is 15.8 Å². The predicted molar refractivity (Wildman–Crippen MR) is 63.5 cm³/mol. The van der Waals surface area contributed by atoms with Crippen LogP contribution in [0.15, 0.2) is 6.33 Å². The lowest BCUT2D eigenvalue weighted by Gasteiger charge is -2.42. The Kier molecular flexibility index (Phi) is 2.85. The first-order valence-corrected chi connectivity index (χ1v) is 5.63. The SMILES string of the molecule is CCC1(Nc2ncnc(OC)c2N)CCC1. The highest BCUT2D eigenvalue weighted by molar-refractivity contribution is 5.67. The van der Waals surface area contributed by atoms with E-state index in [1.165, 1.54) is 25.6 Å². The highest BCUT2D eigenvalue weighted by atomic mass is 16.5. The maximum atomic E-state index is 5.92. The van der Waals surface area contributed by atoms with Crippen molar-refractivity contribution >= 4 is 11.5 Å². The monoisotopic (exact) mass is 222 g/mol. The topological polar surface area (TPSA) is 73.1 Å². The van der Waals surface area contributed by atoms with Gasteiger partial charge in [-0.25, -0.2) is 4.98 Å². The molecule has 0 atom stereocenters. The van der Waals surface area contributed by atoms with Crippen molar-refractivity contribution in [1.29, 1.82) is 0 Å². The molecule has 1 aromatic heterocycles. The number of nitrogens with one attached hydrogen (secondary N) is 1. The van der Waals surface area contributed by atoms with Gasteiger partial charge in [-0.05, 0) is 25.7 Å². The molecule has 1 heterocycles. The zero-order valence-corrected chi connectivity index (χ0v) is 9.79. The van der Waals surface area contributed by atoms with E-state index in [2.05, 4.69) is 22.2 Å². The molecular weight excluding hydrogens is 204 g/mol. The van der Waals surface area contributed by atoms with Crippen LogP contribution in [0.5, 0.6) is 5.88 Å². The summed E-state index contributed by atoms with van der Waals surface area (Å²) in [4.78, 5) is 8.13. The fourth-order valence-electron chi connectivity index (χ4n) is 2.06. The molecule has 1 aliphatic rings. The zero-order valence-electron chi connectivity index (χ0n) is 9.79. The molecule has 0 radical (unpaired) electrons. The Balaban J connectivity index is 2.21. The normalized spacial score (nSPS) is 17.6. The molecule has 5 nitrogen and oxygen atoms in total. The number of rotatable bonds is 4. The van der Waals surface area contributed by atoms with E-state index in [4.69, 9.17) is 10.5 Å². The minimum absolute atomic E-state index is 0.174. The Morgan fingerprint density at radius 2 is 2.25 bits per heavy atom. The van der Waals surface area contributed by atoms with Crippen molar-refractivity contribution in [3.05, 3.63) is 6.33 Å². The summed E-state index contributed by atoms with van der Waals surface area (Å²) in [5.41, 5.74) is 6.59. The maximum absolute atomic E-state index is 5.92. The van der Waals surface area contributed by atoms with Gasteiger partial charge in [0.05, 0.1) is 7.11 Å². The van der Waals surface area contributed by atoms with E-state index in [9.17, 15) is 0 Å². The summed E-state index contributed by atoms with van der Waals surface area (Å²) in [5, 5.41) is 3.43. The van der Waals surface area contributed by atoms with Gasteiger partial charge in [0, 0.05) is 5.54 Å². The average molecular weight is 222 g/mol. The summed E-state index contributed by atoms with van der Waals surface area (Å²) in [6.07, 6.45) is 6.17. The third-order valence-corrected chi connectivity index (χ3v) is 3.41. The molecule has 0 saturated heterocycles. The predicted octanol–water partition coefficient (Wildman–Crippen LogP) is 1.81. The molecule has 2 rings (SSSR count). The Labute approximate surface area is 95.4 Å². The second-order valence-electron chi connectivity index (χ2n) is 4.26. The molecule has 0 amide bonds. The van der Waals surface area contributed by atoms with Crippen molar-refractivity contribution in [2.75, 3.05) is 18.2 Å². The number of anilines is 2. The molecule has 88 valence electrons. The number of nitrogen functional groups attached to an aromatic ring is 1. The summed E-state index contributed by atoms with van der Waals surface area (Å²) < 4.78 is 5.07. The van der Waals surface area contributed by atoms with Crippen LogP contribution in [0.25, 0.3) is 0 Å². The van der Waals surface area contributed by atoms with Crippen LogP contribution in [0.3, 0.4) is 0 Å². The number of nitrogens with zero attached hydrogens (tertiary/aromatic N) is 2. The first-order valence-electron chi connectivity index (χ1n) is 5.63. The van der Waals surface area contributed by atoms with Crippen molar-refractivity contribution in [3.8, 4) is 5.88 Å². The van der Waals surface area contributed by atoms with Gasteiger partial charge in [0.1, 0.15) is 12.0 Å². The molecule has 5 heteroatoms. The van der Waals surface area contributed by atoms with Crippen LogP contribution in [0.2, 0.25) is 0 Å². The van der Waals surface area contributed by atoms with Gasteiger partial charge in [-0.15, -0.1) is 0 Å². The fourth-order valence-corrected chi connectivity index (χ4v) is 2.06. The largest absolute Gasteiger partial charge is 0.479 e. The maximum Gasteiger partial charge on any atom is 0.242 e. The summed E-state index contributed by atoms with van der Waals surface area (Å²) in [5.74, 6) is 1.12. The van der Waals surface area contributed by atoms with Gasteiger partial charge in [-0.2, -0.15) is 4.98 Å². The van der Waals surface area contributed by atoms with Crippen molar-refractivity contribution in [2.45, 2.75) is 38.1 Å². The van der Waals surface area contributed by atoms with E-state index < -0.39 is 0 Å². The lowest BCUT2D eigenvalue weighted by Crippen LogP contribution is -2.44. The second-order valence-corrected chi connectivity index (χ2v) is 4.26. The van der Waals surface area contributed by atoms with Crippen LogP contribution >= 0.6 is 0 Å². The number of methoxy groups -OCH3 is 1. The van der Waals surface area contributed by atoms with Gasteiger partial charge in [0.2, 0.25) is 5.88 Å². The number of hydrogen-bond donors (Lipinski definition) is 2. The number of nitrogens with two attached hydrogens (primary N) is 1. The van der Waals surface area contributed by atoms with Crippen molar-refractivity contribution in [1.82, 2.24) is 9.97 Å². The van der Waals surface area contributed by atoms with Crippen LogP contribution in [-0.4, -0.2) is 22.6 Å². The van der Waals surface area contributed by atoms with Gasteiger partial charge >= 0.3 is 0 Å². The van der Waals surface area contributed by atoms with E-state index >= 15 is 0 Å². The molecule has 1 aromatic rings. The molecule has 0 unspecified atom stereocenters. The first kappa shape index (κ1) is 11.0. The number of ether oxygens (including phenoxy) is 1. The standard InChI is InChI=1S/C11H18N4O/c1-3-11(5-4-6-11)15-9-8(12)10(16-2)14-7-13-9/h7H,3-6,12H2,1-2H3,(H,13,14,15). The second kappa shape index (κ2) is 4.15. The smallest absolute Gasteiger partial charge is 0.242 e. The lowest BCUT2D eigenvalue weighted by atomic mass is 9.75. The van der Waals surface area contributed by atoms with Gasteiger partial charge in [-0.1, -0.05) is 6.92 Å². The van der Waals surface area contributed by atoms with Crippen LogP contribution in [0.1, 0.15) is 32.6 Å². The summed E-state index contributed by atoms with van der Waals surface area (Å²) in [6.45, 7) is 2.18. The van der Waals surface area contributed by atoms with E-state index in [1.807, 2.05) is 0 Å². The van der Waals surface area contributed by atoms with Crippen LogP contribution < -0.4 is 15.8 Å². The summed E-state index contributed by atoms with van der Waals surface area (Å²) >= 11 is 0. The molecule has 0 aliphatic heterocycles. The fraction of sp³-hybridized carbons (Fsp3) is 0.636.